The molecule has 0 radical (unpaired) electrons. The van der Waals surface area contributed by atoms with Gasteiger partial charge in [-0.2, -0.15) is 0 Å². The predicted octanol–water partition coefficient (Wildman–Crippen LogP) is 4.80. The zero-order chi connectivity index (χ0) is 22.1. The summed E-state index contributed by atoms with van der Waals surface area (Å²) in [5.41, 5.74) is 7.32. The second-order valence-electron chi connectivity index (χ2n) is 6.90. The van der Waals surface area contributed by atoms with Gasteiger partial charge in [-0.3, -0.25) is 14.9 Å². The molecular weight excluding hydrogens is 418 g/mol. The number of carbonyl (C=O) groups is 2. The van der Waals surface area contributed by atoms with E-state index in [1.54, 1.807) is 24.3 Å². The van der Waals surface area contributed by atoms with Crippen LogP contribution in [0.1, 0.15) is 70.7 Å². The van der Waals surface area contributed by atoms with Crippen molar-refractivity contribution in [2.24, 2.45) is 5.73 Å². The van der Waals surface area contributed by atoms with E-state index in [2.05, 4.69) is 17.6 Å². The predicted molar refractivity (Wildman–Crippen MR) is 127 cm³/mol. The zero-order valence-corrected chi connectivity index (χ0v) is 19.3. The summed E-state index contributed by atoms with van der Waals surface area (Å²) in [4.78, 5) is 25.3. The van der Waals surface area contributed by atoms with E-state index < -0.39 is 5.91 Å². The van der Waals surface area contributed by atoms with Gasteiger partial charge in [0.15, 0.2) is 5.11 Å². The van der Waals surface area contributed by atoms with E-state index in [1.165, 1.54) is 24.2 Å². The Hall–Kier alpha value is -2.45. The molecule has 6 nitrogen and oxygen atoms in total. The highest BCUT2D eigenvalue weighted by Gasteiger charge is 2.20. The number of hydrogen-bond acceptors (Lipinski definition) is 5. The summed E-state index contributed by atoms with van der Waals surface area (Å²) in [7, 11) is 0. The first kappa shape index (κ1) is 23.8. The van der Waals surface area contributed by atoms with Crippen molar-refractivity contribution in [1.82, 2.24) is 5.32 Å². The summed E-state index contributed by atoms with van der Waals surface area (Å²) in [6.07, 6.45) is 5.26. The zero-order valence-electron chi connectivity index (χ0n) is 17.7. The van der Waals surface area contributed by atoms with Crippen LogP contribution < -0.4 is 21.1 Å². The van der Waals surface area contributed by atoms with Crippen molar-refractivity contribution >= 4 is 45.5 Å². The lowest BCUT2D eigenvalue weighted by Gasteiger charge is -2.10. The Morgan fingerprint density at radius 3 is 2.43 bits per heavy atom. The molecule has 0 saturated heterocycles. The Balaban J connectivity index is 1.93. The number of benzene rings is 1. The molecule has 2 amide bonds. The average Bonchev–Trinajstić information content (AvgIpc) is 3.03. The molecule has 0 aliphatic rings. The Morgan fingerprint density at radius 2 is 1.83 bits per heavy atom. The van der Waals surface area contributed by atoms with Crippen LogP contribution in [0.15, 0.2) is 24.3 Å². The molecule has 4 N–H and O–H groups in total. The van der Waals surface area contributed by atoms with Crippen LogP contribution in [0.2, 0.25) is 0 Å². The first-order valence-corrected chi connectivity index (χ1v) is 11.4. The lowest BCUT2D eigenvalue weighted by atomic mass is 10.1. The van der Waals surface area contributed by atoms with Gasteiger partial charge in [0.25, 0.3) is 11.8 Å². The molecule has 0 atom stereocenters. The van der Waals surface area contributed by atoms with Crippen molar-refractivity contribution in [3.05, 3.63) is 45.8 Å². The summed E-state index contributed by atoms with van der Waals surface area (Å²) >= 11 is 6.64. The maximum Gasteiger partial charge on any atom is 0.257 e. The van der Waals surface area contributed by atoms with E-state index >= 15 is 0 Å². The number of nitrogens with one attached hydrogen (secondary N) is 2. The third kappa shape index (κ3) is 6.53. The Bertz CT molecular complexity index is 892. The number of primary amides is 1. The summed E-state index contributed by atoms with van der Waals surface area (Å²) in [5, 5.41) is 6.24. The number of thiocarbonyl (C=S) groups is 1. The molecule has 2 rings (SSSR count). The highest BCUT2D eigenvalue weighted by atomic mass is 32.1. The molecule has 2 aromatic rings. The van der Waals surface area contributed by atoms with Gasteiger partial charge in [0.1, 0.15) is 10.8 Å². The highest BCUT2D eigenvalue weighted by Crippen LogP contribution is 2.33. The van der Waals surface area contributed by atoms with E-state index in [0.29, 0.717) is 29.2 Å². The maximum absolute atomic E-state index is 12.5. The van der Waals surface area contributed by atoms with Crippen molar-refractivity contribution in [2.75, 3.05) is 11.9 Å². The maximum atomic E-state index is 12.5. The third-order valence-corrected chi connectivity index (χ3v) is 5.91. The van der Waals surface area contributed by atoms with E-state index in [9.17, 15) is 9.59 Å². The molecule has 0 saturated carbocycles. The van der Waals surface area contributed by atoms with Crippen molar-refractivity contribution in [3.8, 4) is 5.75 Å². The van der Waals surface area contributed by atoms with Gasteiger partial charge in [-0.05, 0) is 61.8 Å². The fourth-order valence-corrected chi connectivity index (χ4v) is 4.50. The molecule has 0 aliphatic heterocycles. The Labute approximate surface area is 187 Å². The number of carbonyl (C=O) groups excluding carboxylic acids is 2. The van der Waals surface area contributed by atoms with Crippen LogP contribution in [0.4, 0.5) is 5.00 Å². The number of ether oxygens (including phenoxy) is 1. The fourth-order valence-electron chi connectivity index (χ4n) is 3.08. The lowest BCUT2D eigenvalue weighted by molar-refractivity contribution is 0.0975. The molecule has 0 bridgehead atoms. The normalized spacial score (nSPS) is 10.5. The summed E-state index contributed by atoms with van der Waals surface area (Å²) in [5.74, 6) is -0.124. The highest BCUT2D eigenvalue weighted by molar-refractivity contribution is 7.80. The van der Waals surface area contributed by atoms with Crippen molar-refractivity contribution in [3.63, 3.8) is 0 Å². The molecule has 0 spiro atoms. The van der Waals surface area contributed by atoms with Crippen LogP contribution in [0.3, 0.4) is 0 Å². The van der Waals surface area contributed by atoms with Crippen LogP contribution >= 0.6 is 23.6 Å². The van der Waals surface area contributed by atoms with E-state index in [4.69, 9.17) is 22.7 Å². The van der Waals surface area contributed by atoms with Crippen LogP contribution in [0, 0.1) is 6.92 Å². The van der Waals surface area contributed by atoms with Gasteiger partial charge in [-0.15, -0.1) is 11.3 Å². The van der Waals surface area contributed by atoms with Crippen LogP contribution in [-0.4, -0.2) is 23.5 Å². The molecule has 1 aromatic carbocycles. The number of unbranched alkanes of at least 4 members (excludes halogenated alkanes) is 3. The minimum absolute atomic E-state index is 0.114. The molecule has 8 heteroatoms. The van der Waals surface area contributed by atoms with E-state index in [-0.39, 0.29) is 11.0 Å². The standard InChI is InChI=1S/C22H29N3O3S2/c1-4-6-7-8-13-28-16-11-9-15(10-12-16)20(27)24-22(29)25-21-18(19(23)26)17(5-2)14(3)30-21/h9-12H,4-8,13H2,1-3H3,(H2,23,26)(H2,24,25,27,29). The minimum Gasteiger partial charge on any atom is -0.494 e. The van der Waals surface area contributed by atoms with Gasteiger partial charge in [0, 0.05) is 10.4 Å². The number of rotatable bonds is 10. The molecule has 1 aromatic heterocycles. The second kappa shape index (κ2) is 11.7. The van der Waals surface area contributed by atoms with Gasteiger partial charge in [0.2, 0.25) is 0 Å². The van der Waals surface area contributed by atoms with Gasteiger partial charge < -0.3 is 15.8 Å². The number of amides is 2. The number of nitrogens with two attached hydrogens (primary N) is 1. The van der Waals surface area contributed by atoms with Crippen LogP contribution in [0.25, 0.3) is 0 Å². The largest absolute Gasteiger partial charge is 0.494 e. The number of thiophene rings is 1. The van der Waals surface area contributed by atoms with E-state index in [1.807, 2.05) is 13.8 Å². The second-order valence-corrected chi connectivity index (χ2v) is 8.53. The molecule has 30 heavy (non-hydrogen) atoms. The minimum atomic E-state index is -0.516. The first-order chi connectivity index (χ1) is 14.4. The first-order valence-electron chi connectivity index (χ1n) is 10.1. The topological polar surface area (TPSA) is 93.4 Å². The molecule has 0 aliphatic carbocycles. The molecular formula is C22H29N3O3S2. The molecule has 0 fully saturated rings. The number of anilines is 1. The third-order valence-electron chi connectivity index (χ3n) is 4.65. The van der Waals surface area contributed by atoms with Crippen LogP contribution in [0.5, 0.6) is 5.75 Å². The summed E-state index contributed by atoms with van der Waals surface area (Å²) in [6.45, 7) is 6.73. The SMILES string of the molecule is CCCCCCOc1ccc(C(=O)NC(=S)Nc2sc(C)c(CC)c2C(N)=O)cc1. The van der Waals surface area contributed by atoms with Crippen molar-refractivity contribution in [1.29, 1.82) is 0 Å². The van der Waals surface area contributed by atoms with Crippen LogP contribution in [-0.2, 0) is 6.42 Å². The lowest BCUT2D eigenvalue weighted by Crippen LogP contribution is -2.34. The van der Waals surface area contributed by atoms with Crippen molar-refractivity contribution < 1.29 is 14.3 Å². The van der Waals surface area contributed by atoms with E-state index in [0.717, 1.165) is 29.0 Å². The van der Waals surface area contributed by atoms with Gasteiger partial charge in [-0.25, -0.2) is 0 Å². The summed E-state index contributed by atoms with van der Waals surface area (Å²) in [6, 6.07) is 6.93. The van der Waals surface area contributed by atoms with Gasteiger partial charge >= 0.3 is 0 Å². The number of hydrogen-bond donors (Lipinski definition) is 3. The smallest absolute Gasteiger partial charge is 0.257 e. The Kier molecular flexibility index (Phi) is 9.26. The fraction of sp³-hybridized carbons (Fsp3) is 0.409. The van der Waals surface area contributed by atoms with Crippen molar-refractivity contribution in [2.45, 2.75) is 52.9 Å². The Morgan fingerprint density at radius 1 is 1.13 bits per heavy atom. The monoisotopic (exact) mass is 447 g/mol. The quantitative estimate of drug-likeness (QED) is 0.359. The summed E-state index contributed by atoms with van der Waals surface area (Å²) < 4.78 is 5.69. The van der Waals surface area contributed by atoms with Gasteiger partial charge in [-0.1, -0.05) is 33.1 Å². The van der Waals surface area contributed by atoms with Gasteiger partial charge in [0.05, 0.1) is 12.2 Å². The molecule has 162 valence electrons. The average molecular weight is 448 g/mol. The molecule has 0 unspecified atom stereocenters. The molecule has 1 heterocycles. The number of aryl methyl sites for hydroxylation is 1.